The van der Waals surface area contributed by atoms with Crippen molar-refractivity contribution in [3.05, 3.63) is 34.6 Å². The number of benzene rings is 1. The van der Waals surface area contributed by atoms with E-state index >= 15 is 0 Å². The van der Waals surface area contributed by atoms with Crippen molar-refractivity contribution in [1.29, 1.82) is 5.26 Å². The summed E-state index contributed by atoms with van der Waals surface area (Å²) in [6.45, 7) is 0. The van der Waals surface area contributed by atoms with Crippen LogP contribution in [0.2, 0.25) is 0 Å². The molecule has 0 aromatic heterocycles. The molecule has 70 valence electrons. The van der Waals surface area contributed by atoms with Gasteiger partial charge in [-0.05, 0) is 23.7 Å². The first-order valence-electron chi connectivity index (χ1n) is 3.48. The van der Waals surface area contributed by atoms with Crippen molar-refractivity contribution in [2.24, 2.45) is 0 Å². The summed E-state index contributed by atoms with van der Waals surface area (Å²) >= 11 is 5.11. The first kappa shape index (κ1) is 10.4. The van der Waals surface area contributed by atoms with Gasteiger partial charge in [-0.3, -0.25) is 9.59 Å². The normalized spacial score (nSPS) is 9.21. The maximum Gasteiger partial charge on any atom is 0.253 e. The number of nitriles is 1. The summed E-state index contributed by atoms with van der Waals surface area (Å²) in [4.78, 5) is 21.2. The van der Waals surface area contributed by atoms with Crippen molar-refractivity contribution in [1.82, 2.24) is 0 Å². The molecule has 1 rings (SSSR count). The third-order valence-corrected chi connectivity index (χ3v) is 1.80. The maximum absolute atomic E-state index is 13.0. The van der Waals surface area contributed by atoms with Gasteiger partial charge in [0.15, 0.2) is 6.29 Å². The van der Waals surface area contributed by atoms with Crippen LogP contribution in [0.5, 0.6) is 0 Å². The van der Waals surface area contributed by atoms with Crippen LogP contribution in [0.15, 0.2) is 12.1 Å². The zero-order valence-electron chi connectivity index (χ0n) is 6.75. The lowest BCUT2D eigenvalue weighted by molar-refractivity contribution is 0.106. The van der Waals surface area contributed by atoms with Crippen LogP contribution in [0.4, 0.5) is 4.39 Å². The van der Waals surface area contributed by atoms with Crippen molar-refractivity contribution < 1.29 is 14.0 Å². The van der Waals surface area contributed by atoms with E-state index in [1.807, 2.05) is 0 Å². The molecule has 0 heterocycles. The van der Waals surface area contributed by atoms with Gasteiger partial charge >= 0.3 is 0 Å². The second-order valence-corrected chi connectivity index (χ2v) is 2.77. The Morgan fingerprint density at radius 1 is 1.57 bits per heavy atom. The van der Waals surface area contributed by atoms with Gasteiger partial charge in [-0.25, -0.2) is 4.39 Å². The Morgan fingerprint density at radius 2 is 2.21 bits per heavy atom. The van der Waals surface area contributed by atoms with E-state index in [4.69, 9.17) is 16.9 Å². The fourth-order valence-electron chi connectivity index (χ4n) is 0.943. The highest BCUT2D eigenvalue weighted by Gasteiger charge is 2.13. The fraction of sp³-hybridized carbons (Fsp3) is 0. The Bertz CT molecular complexity index is 451. The number of carbonyl (C=O) groups excluding carboxylic acids is 2. The van der Waals surface area contributed by atoms with Crippen LogP contribution in [0.1, 0.15) is 26.3 Å². The molecule has 1 aromatic carbocycles. The summed E-state index contributed by atoms with van der Waals surface area (Å²) < 4.78 is 13.0. The van der Waals surface area contributed by atoms with Gasteiger partial charge in [-0.2, -0.15) is 5.26 Å². The molecule has 0 unspecified atom stereocenters. The number of halogens is 2. The number of carbonyl (C=O) groups is 2. The van der Waals surface area contributed by atoms with Crippen LogP contribution < -0.4 is 0 Å². The van der Waals surface area contributed by atoms with Crippen LogP contribution in [0, 0.1) is 17.1 Å². The predicted molar refractivity (Wildman–Crippen MR) is 46.7 cm³/mol. The highest BCUT2D eigenvalue weighted by molar-refractivity contribution is 6.68. The van der Waals surface area contributed by atoms with Crippen LogP contribution >= 0.6 is 11.6 Å². The molecule has 0 saturated carbocycles. The number of rotatable bonds is 2. The standard InChI is InChI=1S/C9H3ClFNO2/c10-9(14)7-2-8(11)5(3-12)1-6(7)4-13/h1-2,4H. The smallest absolute Gasteiger partial charge is 0.253 e. The van der Waals surface area contributed by atoms with Gasteiger partial charge in [0.05, 0.1) is 5.56 Å². The molecule has 0 aliphatic carbocycles. The number of aldehydes is 1. The Hall–Kier alpha value is -1.73. The average molecular weight is 212 g/mol. The fourth-order valence-corrected chi connectivity index (χ4v) is 1.11. The molecule has 0 aliphatic rings. The number of hydrogen-bond donors (Lipinski definition) is 0. The third-order valence-electron chi connectivity index (χ3n) is 1.60. The highest BCUT2D eigenvalue weighted by atomic mass is 35.5. The number of nitrogens with zero attached hydrogens (tertiary/aromatic N) is 1. The second-order valence-electron chi connectivity index (χ2n) is 2.42. The van der Waals surface area contributed by atoms with Crippen molar-refractivity contribution in [3.8, 4) is 6.07 Å². The van der Waals surface area contributed by atoms with Gasteiger partial charge < -0.3 is 0 Å². The van der Waals surface area contributed by atoms with E-state index in [1.165, 1.54) is 0 Å². The summed E-state index contributed by atoms with van der Waals surface area (Å²) in [5.74, 6) is -0.873. The largest absolute Gasteiger partial charge is 0.298 e. The molecule has 0 saturated heterocycles. The molecule has 0 amide bonds. The van der Waals surface area contributed by atoms with E-state index in [9.17, 15) is 14.0 Å². The van der Waals surface area contributed by atoms with Crippen molar-refractivity contribution in [2.75, 3.05) is 0 Å². The van der Waals surface area contributed by atoms with Gasteiger partial charge in [0.2, 0.25) is 0 Å². The molecule has 0 radical (unpaired) electrons. The lowest BCUT2D eigenvalue weighted by Gasteiger charge is -2.00. The van der Waals surface area contributed by atoms with Gasteiger partial charge in [0.25, 0.3) is 5.24 Å². The van der Waals surface area contributed by atoms with Gasteiger partial charge in [0, 0.05) is 11.1 Å². The van der Waals surface area contributed by atoms with E-state index in [2.05, 4.69) is 0 Å². The summed E-state index contributed by atoms with van der Waals surface area (Å²) in [6, 6.07) is 3.31. The SMILES string of the molecule is N#Cc1cc(C=O)c(C(=O)Cl)cc1F. The second kappa shape index (κ2) is 3.99. The molecule has 0 spiro atoms. The monoisotopic (exact) mass is 211 g/mol. The summed E-state index contributed by atoms with van der Waals surface area (Å²) in [5, 5.41) is 7.51. The highest BCUT2D eigenvalue weighted by Crippen LogP contribution is 2.16. The molecule has 0 aliphatic heterocycles. The molecular weight excluding hydrogens is 209 g/mol. The Kier molecular flexibility index (Phi) is 2.95. The molecule has 1 aromatic rings. The van der Waals surface area contributed by atoms with E-state index in [0.29, 0.717) is 6.29 Å². The Balaban J connectivity index is 3.48. The molecule has 0 bridgehead atoms. The quantitative estimate of drug-likeness (QED) is 0.554. The van der Waals surface area contributed by atoms with Crippen molar-refractivity contribution >= 4 is 23.1 Å². The predicted octanol–water partition coefficient (Wildman–Crippen LogP) is 1.89. The van der Waals surface area contributed by atoms with Crippen molar-refractivity contribution in [3.63, 3.8) is 0 Å². The van der Waals surface area contributed by atoms with E-state index in [0.717, 1.165) is 12.1 Å². The summed E-state index contributed by atoms with van der Waals surface area (Å²) in [7, 11) is 0. The summed E-state index contributed by atoms with van der Waals surface area (Å²) in [5.41, 5.74) is -0.630. The maximum atomic E-state index is 13.0. The lowest BCUT2D eigenvalue weighted by Crippen LogP contribution is -1.99. The van der Waals surface area contributed by atoms with Gasteiger partial charge in [-0.15, -0.1) is 0 Å². The molecular formula is C9H3ClFNO2. The topological polar surface area (TPSA) is 57.9 Å². The molecule has 0 N–H and O–H groups in total. The average Bonchev–Trinajstić information content (AvgIpc) is 2.17. The van der Waals surface area contributed by atoms with Crippen LogP contribution in [-0.4, -0.2) is 11.5 Å². The van der Waals surface area contributed by atoms with Crippen LogP contribution in [0.3, 0.4) is 0 Å². The minimum Gasteiger partial charge on any atom is -0.298 e. The van der Waals surface area contributed by atoms with Crippen LogP contribution in [0.25, 0.3) is 0 Å². The first-order valence-corrected chi connectivity index (χ1v) is 3.86. The van der Waals surface area contributed by atoms with Crippen molar-refractivity contribution in [2.45, 2.75) is 0 Å². The summed E-state index contributed by atoms with van der Waals surface area (Å²) in [6.07, 6.45) is 0.343. The molecule has 14 heavy (non-hydrogen) atoms. The van der Waals surface area contributed by atoms with Gasteiger partial charge in [-0.1, -0.05) is 0 Å². The van der Waals surface area contributed by atoms with E-state index in [1.54, 1.807) is 6.07 Å². The van der Waals surface area contributed by atoms with E-state index in [-0.39, 0.29) is 16.7 Å². The lowest BCUT2D eigenvalue weighted by atomic mass is 10.1. The van der Waals surface area contributed by atoms with Crippen LogP contribution in [-0.2, 0) is 0 Å². The number of hydrogen-bond acceptors (Lipinski definition) is 3. The Labute approximate surface area is 83.7 Å². The molecule has 0 fully saturated rings. The minimum atomic E-state index is -0.935. The third kappa shape index (κ3) is 1.78. The molecule has 0 atom stereocenters. The molecule has 5 heteroatoms. The zero-order chi connectivity index (χ0) is 10.7. The van der Waals surface area contributed by atoms with Gasteiger partial charge in [0.1, 0.15) is 11.9 Å². The van der Waals surface area contributed by atoms with E-state index < -0.39 is 11.1 Å². The Morgan fingerprint density at radius 3 is 2.64 bits per heavy atom. The molecule has 3 nitrogen and oxygen atoms in total. The first-order chi connectivity index (χ1) is 6.60. The zero-order valence-corrected chi connectivity index (χ0v) is 7.51. The minimum absolute atomic E-state index is 0.0945.